The quantitative estimate of drug-likeness (QED) is 0.579. The van der Waals surface area contributed by atoms with E-state index in [2.05, 4.69) is 46.4 Å². The average molecular weight is 408 g/mol. The highest BCUT2D eigenvalue weighted by Gasteiger charge is 2.10. The van der Waals surface area contributed by atoms with Gasteiger partial charge in [-0.25, -0.2) is 0 Å². The lowest BCUT2D eigenvalue weighted by Crippen LogP contribution is -2.15. The third kappa shape index (κ3) is 6.34. The zero-order chi connectivity index (χ0) is 18.1. The number of aliphatic hydroxyl groups excluding tert-OH is 1. The van der Waals surface area contributed by atoms with Gasteiger partial charge in [-0.1, -0.05) is 45.8 Å². The zero-order valence-corrected chi connectivity index (χ0v) is 16.4. The molecule has 0 aliphatic carbocycles. The van der Waals surface area contributed by atoms with E-state index in [0.29, 0.717) is 6.61 Å². The van der Waals surface area contributed by atoms with Gasteiger partial charge < -0.3 is 19.9 Å². The van der Waals surface area contributed by atoms with Gasteiger partial charge in [-0.3, -0.25) is 0 Å². The van der Waals surface area contributed by atoms with Crippen LogP contribution in [0.4, 0.5) is 0 Å². The van der Waals surface area contributed by atoms with E-state index in [1.54, 1.807) is 7.11 Å². The number of hydrogen-bond acceptors (Lipinski definition) is 4. The summed E-state index contributed by atoms with van der Waals surface area (Å²) < 4.78 is 12.4. The Kier molecular flexibility index (Phi) is 8.25. The molecule has 2 aromatic rings. The summed E-state index contributed by atoms with van der Waals surface area (Å²) in [6.07, 6.45) is 1.78. The minimum absolute atomic E-state index is 0.242. The summed E-state index contributed by atoms with van der Waals surface area (Å²) in [5, 5.41) is 12.2. The Labute approximate surface area is 158 Å². The molecule has 0 amide bonds. The van der Waals surface area contributed by atoms with Gasteiger partial charge in [0.15, 0.2) is 11.5 Å². The summed E-state index contributed by atoms with van der Waals surface area (Å²) in [5.41, 5.74) is 3.47. The fourth-order valence-corrected chi connectivity index (χ4v) is 3.00. The number of halogens is 1. The zero-order valence-electron chi connectivity index (χ0n) is 14.8. The number of aryl methyl sites for hydroxylation is 1. The topological polar surface area (TPSA) is 50.7 Å². The van der Waals surface area contributed by atoms with Gasteiger partial charge in [0.1, 0.15) is 6.61 Å². The molecule has 0 aromatic heterocycles. The molecule has 0 fully saturated rings. The monoisotopic (exact) mass is 407 g/mol. The third-order valence-corrected chi connectivity index (χ3v) is 4.62. The van der Waals surface area contributed by atoms with Crippen molar-refractivity contribution in [3.05, 3.63) is 57.6 Å². The molecule has 0 radical (unpaired) electrons. The van der Waals surface area contributed by atoms with Crippen LogP contribution in [0.3, 0.4) is 0 Å². The first-order valence-corrected chi connectivity index (χ1v) is 9.29. The van der Waals surface area contributed by atoms with Gasteiger partial charge in [-0.15, -0.1) is 0 Å². The maximum Gasteiger partial charge on any atom is 0.162 e. The van der Waals surface area contributed by atoms with Crippen molar-refractivity contribution < 1.29 is 14.6 Å². The maximum absolute atomic E-state index is 8.81. The fourth-order valence-electron chi connectivity index (χ4n) is 2.53. The van der Waals surface area contributed by atoms with Crippen molar-refractivity contribution >= 4 is 15.9 Å². The number of nitrogens with one attached hydrogen (secondary N) is 1. The highest BCUT2D eigenvalue weighted by Crippen LogP contribution is 2.34. The second-order valence-corrected chi connectivity index (χ2v) is 6.83. The minimum atomic E-state index is 0.242. The second kappa shape index (κ2) is 10.4. The predicted molar refractivity (Wildman–Crippen MR) is 104 cm³/mol. The van der Waals surface area contributed by atoms with Crippen LogP contribution in [0.25, 0.3) is 0 Å². The number of ether oxygens (including phenoxy) is 2. The maximum atomic E-state index is 8.81. The van der Waals surface area contributed by atoms with Crippen LogP contribution < -0.4 is 14.8 Å². The summed E-state index contributed by atoms with van der Waals surface area (Å²) in [5.74, 6) is 1.45. The molecule has 0 bridgehead atoms. The highest BCUT2D eigenvalue weighted by atomic mass is 79.9. The molecule has 0 saturated carbocycles. The van der Waals surface area contributed by atoms with E-state index in [0.717, 1.165) is 53.0 Å². The summed E-state index contributed by atoms with van der Waals surface area (Å²) in [6, 6.07) is 12.2. The van der Waals surface area contributed by atoms with E-state index in [-0.39, 0.29) is 6.61 Å². The molecule has 0 saturated heterocycles. The molecule has 2 N–H and O–H groups in total. The van der Waals surface area contributed by atoms with Crippen molar-refractivity contribution in [2.75, 3.05) is 20.3 Å². The van der Waals surface area contributed by atoms with E-state index in [9.17, 15) is 0 Å². The molecular formula is C20H26BrNO3. The first kappa shape index (κ1) is 19.8. The number of hydrogen-bond donors (Lipinski definition) is 2. The van der Waals surface area contributed by atoms with Crippen molar-refractivity contribution in [2.45, 2.75) is 32.9 Å². The molecule has 0 heterocycles. The largest absolute Gasteiger partial charge is 0.493 e. The summed E-state index contributed by atoms with van der Waals surface area (Å²) in [4.78, 5) is 0. The van der Waals surface area contributed by atoms with E-state index in [1.165, 1.54) is 5.56 Å². The van der Waals surface area contributed by atoms with Gasteiger partial charge in [0, 0.05) is 17.6 Å². The van der Waals surface area contributed by atoms with Gasteiger partial charge in [-0.2, -0.15) is 0 Å². The number of benzene rings is 2. The van der Waals surface area contributed by atoms with Crippen molar-refractivity contribution in [1.29, 1.82) is 0 Å². The Morgan fingerprint density at radius 2 is 1.96 bits per heavy atom. The van der Waals surface area contributed by atoms with E-state index >= 15 is 0 Å². The summed E-state index contributed by atoms with van der Waals surface area (Å²) in [6.45, 7) is 4.43. The Hall–Kier alpha value is -1.56. The highest BCUT2D eigenvalue weighted by molar-refractivity contribution is 9.10. The lowest BCUT2D eigenvalue weighted by molar-refractivity contribution is 0.283. The van der Waals surface area contributed by atoms with E-state index in [4.69, 9.17) is 14.6 Å². The van der Waals surface area contributed by atoms with Crippen LogP contribution in [0, 0.1) is 6.92 Å². The molecule has 0 aliphatic rings. The standard InChI is InChI=1S/C20H26BrNO3/c1-15-6-5-7-16(10-15)14-25-20-12-18(21)17(11-19(20)24-2)13-22-8-3-4-9-23/h5-7,10-12,22-23H,3-4,8-9,13-14H2,1-2H3. The first-order chi connectivity index (χ1) is 12.1. The van der Waals surface area contributed by atoms with E-state index in [1.807, 2.05) is 18.2 Å². The van der Waals surface area contributed by atoms with Crippen LogP contribution in [0.15, 0.2) is 40.9 Å². The number of aliphatic hydroxyl groups is 1. The Balaban J connectivity index is 2.00. The van der Waals surface area contributed by atoms with Gasteiger partial charge in [0.05, 0.1) is 7.11 Å². The molecular weight excluding hydrogens is 382 g/mol. The Morgan fingerprint density at radius 3 is 2.68 bits per heavy atom. The lowest BCUT2D eigenvalue weighted by atomic mass is 10.1. The van der Waals surface area contributed by atoms with Gasteiger partial charge in [0.25, 0.3) is 0 Å². The smallest absolute Gasteiger partial charge is 0.162 e. The molecule has 0 unspecified atom stereocenters. The van der Waals surface area contributed by atoms with Crippen LogP contribution in [-0.2, 0) is 13.2 Å². The number of rotatable bonds is 10. The molecule has 136 valence electrons. The van der Waals surface area contributed by atoms with Crippen molar-refractivity contribution in [3.8, 4) is 11.5 Å². The molecule has 0 spiro atoms. The van der Waals surface area contributed by atoms with Crippen LogP contribution in [-0.4, -0.2) is 25.4 Å². The molecule has 0 atom stereocenters. The molecule has 2 aromatic carbocycles. The number of methoxy groups -OCH3 is 1. The SMILES string of the molecule is COc1cc(CNCCCCO)c(Br)cc1OCc1cccc(C)c1. The van der Waals surface area contributed by atoms with Crippen LogP contribution in [0.1, 0.15) is 29.5 Å². The van der Waals surface area contributed by atoms with Crippen LogP contribution >= 0.6 is 15.9 Å². The third-order valence-electron chi connectivity index (χ3n) is 3.89. The van der Waals surface area contributed by atoms with Gasteiger partial charge in [0.2, 0.25) is 0 Å². The van der Waals surface area contributed by atoms with E-state index < -0.39 is 0 Å². The van der Waals surface area contributed by atoms with Crippen molar-refractivity contribution in [2.24, 2.45) is 0 Å². The number of unbranched alkanes of at least 4 members (excludes halogenated alkanes) is 1. The molecule has 0 aliphatic heterocycles. The fraction of sp³-hybridized carbons (Fsp3) is 0.400. The predicted octanol–water partition coefficient (Wildman–Crippen LogP) is 4.21. The summed E-state index contributed by atoms with van der Waals surface area (Å²) in [7, 11) is 1.65. The van der Waals surface area contributed by atoms with Crippen LogP contribution in [0.5, 0.6) is 11.5 Å². The molecule has 5 heteroatoms. The molecule has 25 heavy (non-hydrogen) atoms. The molecule has 2 rings (SSSR count). The Bertz CT molecular complexity index is 676. The normalized spacial score (nSPS) is 10.7. The minimum Gasteiger partial charge on any atom is -0.493 e. The summed E-state index contributed by atoms with van der Waals surface area (Å²) >= 11 is 3.62. The lowest BCUT2D eigenvalue weighted by Gasteiger charge is -2.15. The first-order valence-electron chi connectivity index (χ1n) is 8.50. The van der Waals surface area contributed by atoms with Gasteiger partial charge >= 0.3 is 0 Å². The molecule has 4 nitrogen and oxygen atoms in total. The second-order valence-electron chi connectivity index (χ2n) is 5.98. The Morgan fingerprint density at radius 1 is 1.12 bits per heavy atom. The van der Waals surface area contributed by atoms with Crippen molar-refractivity contribution in [3.63, 3.8) is 0 Å². The van der Waals surface area contributed by atoms with Crippen LogP contribution in [0.2, 0.25) is 0 Å². The van der Waals surface area contributed by atoms with Gasteiger partial charge in [-0.05, 0) is 49.6 Å². The van der Waals surface area contributed by atoms with Crippen molar-refractivity contribution in [1.82, 2.24) is 5.32 Å². The average Bonchev–Trinajstić information content (AvgIpc) is 2.61.